The Balaban J connectivity index is 0.00000242. The summed E-state index contributed by atoms with van der Waals surface area (Å²) in [6.45, 7) is 4.29. The van der Waals surface area contributed by atoms with Gasteiger partial charge in [0.2, 0.25) is 5.91 Å². The molecule has 0 saturated heterocycles. The molecule has 0 aliphatic rings. The second kappa shape index (κ2) is 8.51. The Labute approximate surface area is 136 Å². The van der Waals surface area contributed by atoms with Crippen LogP contribution in [-0.4, -0.2) is 26.7 Å². The van der Waals surface area contributed by atoms with Gasteiger partial charge in [0, 0.05) is 5.69 Å². The zero-order chi connectivity index (χ0) is 15.2. The van der Waals surface area contributed by atoms with Crippen molar-refractivity contribution in [2.24, 2.45) is 11.7 Å². The van der Waals surface area contributed by atoms with Gasteiger partial charge >= 0.3 is 0 Å². The Morgan fingerprint density at radius 3 is 2.68 bits per heavy atom. The number of aromatic nitrogens is 3. The van der Waals surface area contributed by atoms with Crippen LogP contribution in [0.5, 0.6) is 0 Å². The lowest BCUT2D eigenvalue weighted by molar-refractivity contribution is -0.123. The standard InChI is InChI=1S/C15H21N5O.ClH/c1-3-11(2)14(16)15(21)17-9-13-19-18-10-20(13)12-7-5-4-6-8-12;/h4-8,10-11,14H,3,9,16H2,1-2H3,(H,17,21);1H. The first-order chi connectivity index (χ1) is 10.1. The van der Waals surface area contributed by atoms with Gasteiger partial charge in [0.15, 0.2) is 5.82 Å². The summed E-state index contributed by atoms with van der Waals surface area (Å²) in [4.78, 5) is 12.0. The van der Waals surface area contributed by atoms with E-state index in [-0.39, 0.29) is 24.2 Å². The molecular formula is C15H22ClN5O. The molecule has 1 aromatic heterocycles. The van der Waals surface area contributed by atoms with E-state index in [1.807, 2.05) is 48.7 Å². The fourth-order valence-corrected chi connectivity index (χ4v) is 1.98. The van der Waals surface area contributed by atoms with Crippen LogP contribution in [-0.2, 0) is 11.3 Å². The lowest BCUT2D eigenvalue weighted by atomic mass is 9.99. The van der Waals surface area contributed by atoms with Gasteiger partial charge < -0.3 is 11.1 Å². The summed E-state index contributed by atoms with van der Waals surface area (Å²) in [5.74, 6) is 0.662. The van der Waals surface area contributed by atoms with Gasteiger partial charge in [0.1, 0.15) is 6.33 Å². The maximum Gasteiger partial charge on any atom is 0.237 e. The second-order valence-corrected chi connectivity index (χ2v) is 5.08. The van der Waals surface area contributed by atoms with Gasteiger partial charge in [-0.1, -0.05) is 38.5 Å². The monoisotopic (exact) mass is 323 g/mol. The maximum atomic E-state index is 12.0. The van der Waals surface area contributed by atoms with Gasteiger partial charge in [-0.2, -0.15) is 0 Å². The van der Waals surface area contributed by atoms with Crippen molar-refractivity contribution in [3.63, 3.8) is 0 Å². The summed E-state index contributed by atoms with van der Waals surface area (Å²) in [6.07, 6.45) is 2.50. The highest BCUT2D eigenvalue weighted by Crippen LogP contribution is 2.09. The molecule has 0 saturated carbocycles. The normalized spacial score (nSPS) is 13.0. The number of nitrogens with zero attached hydrogens (tertiary/aromatic N) is 3. The van der Waals surface area contributed by atoms with Crippen molar-refractivity contribution in [2.75, 3.05) is 0 Å². The molecule has 6 nitrogen and oxygen atoms in total. The van der Waals surface area contributed by atoms with Crippen molar-refractivity contribution in [3.05, 3.63) is 42.5 Å². The Bertz CT molecular complexity index is 587. The first-order valence-electron chi connectivity index (χ1n) is 7.11. The van der Waals surface area contributed by atoms with E-state index < -0.39 is 6.04 Å². The molecule has 0 spiro atoms. The van der Waals surface area contributed by atoms with Crippen LogP contribution >= 0.6 is 12.4 Å². The fraction of sp³-hybridized carbons (Fsp3) is 0.400. The van der Waals surface area contributed by atoms with Crippen LogP contribution < -0.4 is 11.1 Å². The number of amides is 1. The van der Waals surface area contributed by atoms with Crippen LogP contribution in [0.3, 0.4) is 0 Å². The lowest BCUT2D eigenvalue weighted by Gasteiger charge is -2.17. The van der Waals surface area contributed by atoms with Crippen LogP contribution in [0.25, 0.3) is 5.69 Å². The molecule has 2 rings (SSSR count). The van der Waals surface area contributed by atoms with Gasteiger partial charge in [-0.3, -0.25) is 9.36 Å². The van der Waals surface area contributed by atoms with E-state index in [1.165, 1.54) is 0 Å². The summed E-state index contributed by atoms with van der Waals surface area (Å²) in [6, 6.07) is 9.25. The van der Waals surface area contributed by atoms with Crippen LogP contribution in [0, 0.1) is 5.92 Å². The Morgan fingerprint density at radius 2 is 2.05 bits per heavy atom. The second-order valence-electron chi connectivity index (χ2n) is 5.08. The van der Waals surface area contributed by atoms with Gasteiger partial charge in [0.25, 0.3) is 0 Å². The van der Waals surface area contributed by atoms with Gasteiger partial charge in [-0.25, -0.2) is 0 Å². The number of carbonyl (C=O) groups excluding carboxylic acids is 1. The van der Waals surface area contributed by atoms with Crippen molar-refractivity contribution < 1.29 is 4.79 Å². The molecule has 0 aliphatic carbocycles. The predicted octanol–water partition coefficient (Wildman–Crippen LogP) is 1.68. The van der Waals surface area contributed by atoms with Crippen LogP contribution in [0.4, 0.5) is 0 Å². The van der Waals surface area contributed by atoms with Crippen molar-refractivity contribution in [1.29, 1.82) is 0 Å². The first kappa shape index (κ1) is 18.1. The minimum absolute atomic E-state index is 0. The fourth-order valence-electron chi connectivity index (χ4n) is 1.98. The molecule has 22 heavy (non-hydrogen) atoms. The zero-order valence-corrected chi connectivity index (χ0v) is 13.6. The van der Waals surface area contributed by atoms with Crippen molar-refractivity contribution in [3.8, 4) is 5.69 Å². The number of hydrogen-bond donors (Lipinski definition) is 2. The molecular weight excluding hydrogens is 302 g/mol. The number of halogens is 1. The van der Waals surface area contributed by atoms with Crippen LogP contribution in [0.2, 0.25) is 0 Å². The molecule has 7 heteroatoms. The number of benzene rings is 1. The van der Waals surface area contributed by atoms with Crippen LogP contribution in [0.1, 0.15) is 26.1 Å². The predicted molar refractivity (Wildman–Crippen MR) is 87.9 cm³/mol. The Morgan fingerprint density at radius 1 is 1.36 bits per heavy atom. The number of hydrogen-bond acceptors (Lipinski definition) is 4. The molecule has 1 heterocycles. The van der Waals surface area contributed by atoms with Crippen LogP contribution in [0.15, 0.2) is 36.7 Å². The molecule has 2 aromatic rings. The molecule has 0 radical (unpaired) electrons. The summed E-state index contributed by atoms with van der Waals surface area (Å²) in [5.41, 5.74) is 6.86. The molecule has 2 atom stereocenters. The third-order valence-corrected chi connectivity index (χ3v) is 3.63. The average molecular weight is 324 g/mol. The third-order valence-electron chi connectivity index (χ3n) is 3.63. The molecule has 0 aliphatic heterocycles. The molecule has 0 fully saturated rings. The summed E-state index contributed by atoms with van der Waals surface area (Å²) in [5, 5.41) is 10.8. The zero-order valence-electron chi connectivity index (χ0n) is 12.8. The number of nitrogens with one attached hydrogen (secondary N) is 1. The smallest absolute Gasteiger partial charge is 0.237 e. The topological polar surface area (TPSA) is 85.8 Å². The highest BCUT2D eigenvalue weighted by atomic mass is 35.5. The highest BCUT2D eigenvalue weighted by Gasteiger charge is 2.19. The van der Waals surface area contributed by atoms with E-state index in [0.29, 0.717) is 12.4 Å². The van der Waals surface area contributed by atoms with E-state index in [2.05, 4.69) is 15.5 Å². The molecule has 120 valence electrons. The minimum atomic E-state index is -0.497. The largest absolute Gasteiger partial charge is 0.347 e. The van der Waals surface area contributed by atoms with Gasteiger partial charge in [-0.15, -0.1) is 22.6 Å². The molecule has 1 aromatic carbocycles. The first-order valence-corrected chi connectivity index (χ1v) is 7.11. The summed E-state index contributed by atoms with van der Waals surface area (Å²) < 4.78 is 1.84. The number of para-hydroxylation sites is 1. The Kier molecular flexibility index (Phi) is 7.01. The minimum Gasteiger partial charge on any atom is -0.347 e. The average Bonchev–Trinajstić information content (AvgIpc) is 3.00. The van der Waals surface area contributed by atoms with Crippen molar-refractivity contribution in [1.82, 2.24) is 20.1 Å². The van der Waals surface area contributed by atoms with Gasteiger partial charge in [0.05, 0.1) is 12.6 Å². The number of carbonyl (C=O) groups is 1. The number of nitrogens with two attached hydrogens (primary N) is 1. The maximum absolute atomic E-state index is 12.0. The molecule has 0 bridgehead atoms. The van der Waals surface area contributed by atoms with Crippen molar-refractivity contribution >= 4 is 18.3 Å². The lowest BCUT2D eigenvalue weighted by Crippen LogP contribution is -2.44. The molecule has 1 amide bonds. The molecule has 2 unspecified atom stereocenters. The van der Waals surface area contributed by atoms with Crippen molar-refractivity contribution in [2.45, 2.75) is 32.9 Å². The molecule has 3 N–H and O–H groups in total. The highest BCUT2D eigenvalue weighted by molar-refractivity contribution is 5.85. The SMILES string of the molecule is CCC(C)C(N)C(=O)NCc1nncn1-c1ccccc1.Cl. The van der Waals surface area contributed by atoms with E-state index in [1.54, 1.807) is 6.33 Å². The van der Waals surface area contributed by atoms with E-state index in [9.17, 15) is 4.79 Å². The summed E-state index contributed by atoms with van der Waals surface area (Å²) in [7, 11) is 0. The quantitative estimate of drug-likeness (QED) is 0.847. The summed E-state index contributed by atoms with van der Waals surface area (Å²) >= 11 is 0. The van der Waals surface area contributed by atoms with E-state index in [0.717, 1.165) is 12.1 Å². The van der Waals surface area contributed by atoms with Gasteiger partial charge in [-0.05, 0) is 18.1 Å². The third kappa shape index (κ3) is 4.29. The van der Waals surface area contributed by atoms with E-state index in [4.69, 9.17) is 5.73 Å². The number of rotatable bonds is 6. The Hall–Kier alpha value is -1.92. The van der Waals surface area contributed by atoms with E-state index >= 15 is 0 Å².